The van der Waals surface area contributed by atoms with Gasteiger partial charge in [-0.2, -0.15) is 0 Å². The fourth-order valence-corrected chi connectivity index (χ4v) is 3.32. The third-order valence-electron chi connectivity index (χ3n) is 4.98. The number of carbonyl (C=O) groups is 1. The molecule has 144 valence electrons. The number of nitrogens with two attached hydrogens (primary N) is 1. The number of carbonyl (C=O) groups excluding carboxylic acids is 1. The van der Waals surface area contributed by atoms with Crippen molar-refractivity contribution in [1.29, 1.82) is 0 Å². The van der Waals surface area contributed by atoms with Gasteiger partial charge < -0.3 is 20.1 Å². The first-order valence-corrected chi connectivity index (χ1v) is 9.16. The van der Waals surface area contributed by atoms with E-state index in [1.165, 1.54) is 0 Å². The fourth-order valence-electron chi connectivity index (χ4n) is 3.32. The first-order chi connectivity index (χ1) is 13.1. The summed E-state index contributed by atoms with van der Waals surface area (Å²) in [5.41, 5.74) is 8.46. The Labute approximate surface area is 160 Å². The number of ether oxygens (including phenoxy) is 2. The molecule has 0 atom stereocenters. The van der Waals surface area contributed by atoms with Crippen molar-refractivity contribution in [1.82, 2.24) is 9.80 Å². The molecule has 0 aliphatic carbocycles. The Morgan fingerprint density at radius 1 is 1.00 bits per heavy atom. The molecule has 0 bridgehead atoms. The van der Waals surface area contributed by atoms with Gasteiger partial charge in [-0.15, -0.1) is 0 Å². The third kappa shape index (κ3) is 4.59. The van der Waals surface area contributed by atoms with E-state index in [-0.39, 0.29) is 5.91 Å². The molecule has 0 radical (unpaired) electrons. The van der Waals surface area contributed by atoms with Crippen LogP contribution in [0.25, 0.3) is 0 Å². The van der Waals surface area contributed by atoms with Gasteiger partial charge in [-0.25, -0.2) is 0 Å². The zero-order valence-corrected chi connectivity index (χ0v) is 16.0. The van der Waals surface area contributed by atoms with E-state index in [9.17, 15) is 4.79 Å². The molecule has 0 unspecified atom stereocenters. The molecular weight excluding hydrogens is 342 g/mol. The summed E-state index contributed by atoms with van der Waals surface area (Å²) in [6.07, 6.45) is 0. The van der Waals surface area contributed by atoms with E-state index in [4.69, 9.17) is 15.2 Å². The predicted octanol–water partition coefficient (Wildman–Crippen LogP) is 2.12. The van der Waals surface area contributed by atoms with Crippen molar-refractivity contribution in [2.24, 2.45) is 5.73 Å². The van der Waals surface area contributed by atoms with Crippen molar-refractivity contribution >= 4 is 5.91 Å². The lowest BCUT2D eigenvalue weighted by atomic mass is 10.1. The number of rotatable bonds is 6. The summed E-state index contributed by atoms with van der Waals surface area (Å²) >= 11 is 0. The zero-order chi connectivity index (χ0) is 19.2. The molecule has 0 saturated carbocycles. The maximum absolute atomic E-state index is 12.7. The van der Waals surface area contributed by atoms with E-state index in [0.717, 1.165) is 47.8 Å². The Morgan fingerprint density at radius 2 is 1.70 bits per heavy atom. The van der Waals surface area contributed by atoms with Crippen molar-refractivity contribution in [2.45, 2.75) is 13.1 Å². The third-order valence-corrected chi connectivity index (χ3v) is 4.98. The lowest BCUT2D eigenvalue weighted by Crippen LogP contribution is -2.48. The molecule has 3 rings (SSSR count). The van der Waals surface area contributed by atoms with Gasteiger partial charge in [-0.1, -0.05) is 12.1 Å². The van der Waals surface area contributed by atoms with E-state index < -0.39 is 0 Å². The summed E-state index contributed by atoms with van der Waals surface area (Å²) in [5.74, 6) is 1.76. The van der Waals surface area contributed by atoms with Gasteiger partial charge in [0.25, 0.3) is 5.91 Å². The maximum atomic E-state index is 12.7. The standard InChI is InChI=1S/C21H27N3O3/c1-26-19-7-8-20(27-2)18(13-19)15-23-9-11-24(12-10-23)21(25)17-5-3-16(14-22)4-6-17/h3-8,13H,9-12,14-15,22H2,1-2H3. The monoisotopic (exact) mass is 369 g/mol. The van der Waals surface area contributed by atoms with Crippen LogP contribution in [0.2, 0.25) is 0 Å². The second-order valence-corrected chi connectivity index (χ2v) is 6.65. The number of hydrogen-bond donors (Lipinski definition) is 1. The fraction of sp³-hybridized carbons (Fsp3) is 0.381. The molecule has 1 heterocycles. The molecule has 1 aliphatic heterocycles. The summed E-state index contributed by atoms with van der Waals surface area (Å²) in [4.78, 5) is 16.9. The number of piperazine rings is 1. The molecule has 1 aliphatic rings. The van der Waals surface area contributed by atoms with Gasteiger partial charge >= 0.3 is 0 Å². The van der Waals surface area contributed by atoms with Gasteiger partial charge in [-0.3, -0.25) is 9.69 Å². The van der Waals surface area contributed by atoms with Crippen molar-refractivity contribution in [3.05, 3.63) is 59.2 Å². The van der Waals surface area contributed by atoms with Crippen LogP contribution in [0.3, 0.4) is 0 Å². The van der Waals surface area contributed by atoms with E-state index in [1.807, 2.05) is 47.4 Å². The van der Waals surface area contributed by atoms with Gasteiger partial charge in [0.2, 0.25) is 0 Å². The zero-order valence-electron chi connectivity index (χ0n) is 16.0. The summed E-state index contributed by atoms with van der Waals surface area (Å²) in [6.45, 7) is 4.34. The van der Waals surface area contributed by atoms with Crippen molar-refractivity contribution in [2.75, 3.05) is 40.4 Å². The second kappa shape index (κ2) is 8.88. The highest BCUT2D eigenvalue weighted by atomic mass is 16.5. The SMILES string of the molecule is COc1ccc(OC)c(CN2CCN(C(=O)c3ccc(CN)cc3)CC2)c1. The van der Waals surface area contributed by atoms with Gasteiger partial charge in [0.15, 0.2) is 0 Å². The molecule has 27 heavy (non-hydrogen) atoms. The predicted molar refractivity (Wildman–Crippen MR) is 105 cm³/mol. The van der Waals surface area contributed by atoms with Crippen molar-refractivity contribution < 1.29 is 14.3 Å². The Morgan fingerprint density at radius 3 is 2.30 bits per heavy atom. The molecule has 2 N–H and O–H groups in total. The molecule has 0 spiro atoms. The second-order valence-electron chi connectivity index (χ2n) is 6.65. The van der Waals surface area contributed by atoms with Crippen LogP contribution in [0.5, 0.6) is 11.5 Å². The number of amides is 1. The first-order valence-electron chi connectivity index (χ1n) is 9.16. The molecule has 6 nitrogen and oxygen atoms in total. The van der Waals surface area contributed by atoms with Crippen LogP contribution < -0.4 is 15.2 Å². The lowest BCUT2D eigenvalue weighted by molar-refractivity contribution is 0.0627. The summed E-state index contributed by atoms with van der Waals surface area (Å²) in [5, 5.41) is 0. The summed E-state index contributed by atoms with van der Waals surface area (Å²) < 4.78 is 10.8. The van der Waals surface area contributed by atoms with Gasteiger partial charge in [0.05, 0.1) is 14.2 Å². The van der Waals surface area contributed by atoms with E-state index >= 15 is 0 Å². The van der Waals surface area contributed by atoms with Crippen LogP contribution in [0, 0.1) is 0 Å². The van der Waals surface area contributed by atoms with Crippen molar-refractivity contribution in [3.63, 3.8) is 0 Å². The molecule has 6 heteroatoms. The van der Waals surface area contributed by atoms with E-state index in [2.05, 4.69) is 4.90 Å². The van der Waals surface area contributed by atoms with Gasteiger partial charge in [0.1, 0.15) is 11.5 Å². The minimum atomic E-state index is 0.0807. The largest absolute Gasteiger partial charge is 0.497 e. The molecular formula is C21H27N3O3. The first kappa shape index (κ1) is 19.2. The average Bonchev–Trinajstić information content (AvgIpc) is 2.73. The summed E-state index contributed by atoms with van der Waals surface area (Å²) in [6, 6.07) is 13.4. The number of hydrogen-bond acceptors (Lipinski definition) is 5. The topological polar surface area (TPSA) is 68.0 Å². The molecule has 1 amide bonds. The molecule has 2 aromatic carbocycles. The lowest BCUT2D eigenvalue weighted by Gasteiger charge is -2.35. The van der Waals surface area contributed by atoms with Crippen LogP contribution in [0.1, 0.15) is 21.5 Å². The van der Waals surface area contributed by atoms with Crippen molar-refractivity contribution in [3.8, 4) is 11.5 Å². The quantitative estimate of drug-likeness (QED) is 0.845. The Hall–Kier alpha value is -2.57. The number of nitrogens with zero attached hydrogens (tertiary/aromatic N) is 2. The Bertz CT molecular complexity index is 769. The van der Waals surface area contributed by atoms with Crippen LogP contribution in [-0.4, -0.2) is 56.1 Å². The van der Waals surface area contributed by atoms with Crippen LogP contribution in [0.4, 0.5) is 0 Å². The van der Waals surface area contributed by atoms with E-state index in [0.29, 0.717) is 19.6 Å². The molecule has 1 saturated heterocycles. The number of methoxy groups -OCH3 is 2. The van der Waals surface area contributed by atoms with E-state index in [1.54, 1.807) is 14.2 Å². The maximum Gasteiger partial charge on any atom is 0.253 e. The smallest absolute Gasteiger partial charge is 0.253 e. The normalized spacial score (nSPS) is 14.9. The highest BCUT2D eigenvalue weighted by molar-refractivity contribution is 5.94. The van der Waals surface area contributed by atoms with Gasteiger partial charge in [0, 0.05) is 50.4 Å². The van der Waals surface area contributed by atoms with Crippen LogP contribution >= 0.6 is 0 Å². The number of benzene rings is 2. The molecule has 2 aromatic rings. The minimum Gasteiger partial charge on any atom is -0.497 e. The highest BCUT2D eigenvalue weighted by Gasteiger charge is 2.23. The van der Waals surface area contributed by atoms with Crippen LogP contribution in [0.15, 0.2) is 42.5 Å². The Balaban J connectivity index is 1.59. The molecule has 0 aromatic heterocycles. The average molecular weight is 369 g/mol. The van der Waals surface area contributed by atoms with Crippen LogP contribution in [-0.2, 0) is 13.1 Å². The minimum absolute atomic E-state index is 0.0807. The highest BCUT2D eigenvalue weighted by Crippen LogP contribution is 2.25. The summed E-state index contributed by atoms with van der Waals surface area (Å²) in [7, 11) is 3.34. The van der Waals surface area contributed by atoms with Gasteiger partial charge in [-0.05, 0) is 35.9 Å². The Kier molecular flexibility index (Phi) is 6.32. The molecule has 1 fully saturated rings.